The van der Waals surface area contributed by atoms with Gasteiger partial charge in [-0.1, -0.05) is 23.2 Å². The lowest BCUT2D eigenvalue weighted by Gasteiger charge is -2.33. The molecule has 111 heavy (non-hydrogen) atoms. The molecule has 0 N–H and O–H groups in total. The van der Waals surface area contributed by atoms with Crippen LogP contribution < -0.4 is 24.5 Å². The van der Waals surface area contributed by atoms with Crippen LogP contribution in [0.4, 0.5) is 46.7 Å². The summed E-state index contributed by atoms with van der Waals surface area (Å²) in [6, 6.07) is 22.8. The molecule has 5 aromatic heterocycles. The summed E-state index contributed by atoms with van der Waals surface area (Å²) in [7, 11) is -14.9. The molecule has 35 heteroatoms. The molecule has 25 nitrogen and oxygen atoms in total. The first-order chi connectivity index (χ1) is 52.5. The van der Waals surface area contributed by atoms with Crippen molar-refractivity contribution in [2.75, 3.05) is 150 Å². The number of fused-ring (bicyclic) bond motifs is 5. The summed E-state index contributed by atoms with van der Waals surface area (Å²) in [4.78, 5) is 53.0. The lowest BCUT2D eigenvalue weighted by molar-refractivity contribution is 0.443. The molecule has 0 saturated carbocycles. The lowest BCUT2D eigenvalue weighted by Crippen LogP contribution is -2.38. The van der Waals surface area contributed by atoms with E-state index in [0.717, 1.165) is 154 Å². The molecule has 0 spiro atoms. The van der Waals surface area contributed by atoms with Crippen LogP contribution in [-0.2, 0) is 49.2 Å². The Balaban J connectivity index is 0.000000137. The van der Waals surface area contributed by atoms with Crippen molar-refractivity contribution in [3.05, 3.63) is 150 Å². The van der Waals surface area contributed by atoms with Crippen LogP contribution in [0, 0.1) is 59.8 Å². The highest BCUT2D eigenvalue weighted by Crippen LogP contribution is 2.35. The Morgan fingerprint density at radius 1 is 0.324 bits per heavy atom. The fourth-order valence-corrected chi connectivity index (χ4v) is 21.4. The highest BCUT2D eigenvalue weighted by molar-refractivity contribution is 7.91. The van der Waals surface area contributed by atoms with Crippen molar-refractivity contribution in [1.82, 2.24) is 49.8 Å². The van der Waals surface area contributed by atoms with Gasteiger partial charge < -0.3 is 24.5 Å². The number of anilines is 5. The fraction of sp³-hybridized carbons (Fsp3) is 0.474. The Kier molecular flexibility index (Phi) is 27.2. The second-order valence-corrected chi connectivity index (χ2v) is 41.4. The Labute approximate surface area is 650 Å². The monoisotopic (exact) mass is 1650 g/mol. The fourth-order valence-electron chi connectivity index (χ4n) is 15.6. The maximum atomic E-state index is 13.6. The Morgan fingerprint density at radius 3 is 0.973 bits per heavy atom. The van der Waals surface area contributed by atoms with E-state index in [-0.39, 0.29) is 70.0 Å². The number of nitrogens with zero attached hydrogens (tertiary/aromatic N) is 15. The van der Waals surface area contributed by atoms with Crippen LogP contribution in [0.2, 0.25) is 5.02 Å². The molecule has 5 aliphatic heterocycles. The molecule has 596 valence electrons. The SMILES string of the molecule is CS(=O)(=O)CC1CCCN(c2ncnc3cc(F)c(F)cc23)C1.CS(=O)(=O)CC1CCCN(c2ncnc3cc(F)ccc23)C1.CS(=O)(=O)CC1CCCN(c2ncnc3ccc(Cl)cc23)C1.CS(=O)(=O)CC1CCCN(c2ncnc3ccc(F)cc23)C1.Cc1ccc2ncnc(N3CCCC(CS(C)(=O)=O)C3)c2c1. The minimum Gasteiger partial charge on any atom is -0.356 e. The third-order valence-electron chi connectivity index (χ3n) is 19.9. The number of sulfone groups is 5. The van der Waals surface area contributed by atoms with E-state index in [1.54, 1.807) is 24.8 Å². The second kappa shape index (κ2) is 36.1. The van der Waals surface area contributed by atoms with Crippen LogP contribution >= 0.6 is 11.6 Å². The van der Waals surface area contributed by atoms with E-state index in [4.69, 9.17) is 11.6 Å². The minimum atomic E-state index is -3.05. The van der Waals surface area contributed by atoms with E-state index < -0.39 is 60.8 Å². The largest absolute Gasteiger partial charge is 0.356 e. The Morgan fingerprint density at radius 2 is 0.604 bits per heavy atom. The second-order valence-electron chi connectivity index (χ2n) is 30.0. The highest BCUT2D eigenvalue weighted by Gasteiger charge is 2.31. The van der Waals surface area contributed by atoms with Crippen molar-refractivity contribution in [3.63, 3.8) is 0 Å². The molecule has 15 rings (SSSR count). The zero-order valence-electron chi connectivity index (χ0n) is 62.8. The van der Waals surface area contributed by atoms with Gasteiger partial charge in [-0.3, -0.25) is 0 Å². The number of halogens is 5. The first kappa shape index (κ1) is 83.5. The van der Waals surface area contributed by atoms with E-state index >= 15 is 0 Å². The van der Waals surface area contributed by atoms with Crippen LogP contribution in [-0.4, -0.2) is 217 Å². The summed E-state index contributed by atoms with van der Waals surface area (Å²) in [5, 5.41) is 4.50. The Bertz CT molecular complexity index is 5280. The molecule has 0 amide bonds. The van der Waals surface area contributed by atoms with E-state index in [0.29, 0.717) is 76.7 Å². The zero-order chi connectivity index (χ0) is 79.6. The van der Waals surface area contributed by atoms with Gasteiger partial charge in [-0.25, -0.2) is 109 Å². The van der Waals surface area contributed by atoms with Gasteiger partial charge in [0.15, 0.2) is 11.6 Å². The van der Waals surface area contributed by atoms with Crippen LogP contribution in [0.25, 0.3) is 54.5 Å². The maximum absolute atomic E-state index is 13.6. The summed E-state index contributed by atoms with van der Waals surface area (Å²) in [5.74, 6) is 2.68. The molecule has 10 heterocycles. The average molecular weight is 1650 g/mol. The van der Waals surface area contributed by atoms with E-state index in [1.807, 2.05) is 40.1 Å². The smallest absolute Gasteiger partial charge is 0.161 e. The van der Waals surface area contributed by atoms with Gasteiger partial charge in [-0.05, 0) is 167 Å². The predicted octanol–water partition coefficient (Wildman–Crippen LogP) is 11.0. The molecular weight excluding hydrogens is 1550 g/mol. The van der Waals surface area contributed by atoms with Crippen molar-refractivity contribution in [2.24, 2.45) is 29.6 Å². The molecule has 5 unspecified atom stereocenters. The first-order valence-corrected chi connectivity index (χ1v) is 47.4. The molecule has 10 aromatic rings. The average Bonchev–Trinajstić information content (AvgIpc) is 0.806. The molecule has 0 radical (unpaired) electrons. The molecule has 0 bridgehead atoms. The zero-order valence-corrected chi connectivity index (χ0v) is 67.6. The summed E-state index contributed by atoms with van der Waals surface area (Å²) in [6.45, 7) is 9.40. The van der Waals surface area contributed by atoms with Gasteiger partial charge >= 0.3 is 0 Å². The summed E-state index contributed by atoms with van der Waals surface area (Å²) >= 11 is 6.09. The standard InChI is InChI=1S/C16H21N3O2S.C15H18ClN3O2S.C15H17F2N3O2S.2C15H18FN3O2S/c1-12-5-6-15-14(8-12)16(18-11-17-15)19-7-3-4-13(9-19)10-22(2,20)21;1-22(20,21)9-11-3-2-6-19(8-11)15-13-7-12(16)4-5-14(13)17-10-18-15;1-23(21,22)8-10-3-2-4-20(7-10)15-11-5-12(16)13(17)6-14(11)18-9-19-15;1-22(20,21)9-11-3-2-6-19(8-11)15-13-7-12(16)4-5-14(13)17-10-18-15;1-22(20,21)9-11-3-2-6-19(8-11)15-13-5-4-12(16)7-14(13)17-10-18-15/h5-6,8,11,13H,3-4,7,9-10H2,1-2H3;4-5,7,10-11H,2-3,6,8-9H2,1H3;5-6,9-10H,2-4,7-8H2,1H3;2*4-5,7,10-11H,2-3,6,8-9H2,1H3. The van der Waals surface area contributed by atoms with Crippen molar-refractivity contribution in [1.29, 1.82) is 0 Å². The number of rotatable bonds is 15. The Hall–Kier alpha value is -8.44. The molecular formula is C76H92ClF4N15O10S5. The maximum Gasteiger partial charge on any atom is 0.161 e. The minimum absolute atomic E-state index is 0.00839. The molecule has 5 saturated heterocycles. The quantitative estimate of drug-likeness (QED) is 0.0861. The van der Waals surface area contributed by atoms with E-state index in [2.05, 4.69) is 77.5 Å². The van der Waals surface area contributed by atoms with Gasteiger partial charge in [0, 0.05) is 141 Å². The van der Waals surface area contributed by atoms with Gasteiger partial charge in [0.1, 0.15) is 122 Å². The number of piperidine rings is 5. The van der Waals surface area contributed by atoms with Crippen LogP contribution in [0.1, 0.15) is 69.8 Å². The first-order valence-electron chi connectivity index (χ1n) is 36.7. The van der Waals surface area contributed by atoms with Gasteiger partial charge in [0.25, 0.3) is 0 Å². The molecule has 0 aliphatic carbocycles. The number of hydrogen-bond donors (Lipinski definition) is 0. The van der Waals surface area contributed by atoms with Crippen molar-refractivity contribution >= 4 is 144 Å². The van der Waals surface area contributed by atoms with E-state index in [9.17, 15) is 59.7 Å². The van der Waals surface area contributed by atoms with Crippen molar-refractivity contribution < 1.29 is 59.7 Å². The van der Waals surface area contributed by atoms with Crippen LogP contribution in [0.15, 0.2) is 117 Å². The summed E-state index contributed by atoms with van der Waals surface area (Å²) in [6.07, 6.45) is 22.9. The lowest BCUT2D eigenvalue weighted by atomic mass is 9.99. The highest BCUT2D eigenvalue weighted by atomic mass is 35.5. The van der Waals surface area contributed by atoms with Gasteiger partial charge in [-0.15, -0.1) is 0 Å². The molecule has 5 atom stereocenters. The van der Waals surface area contributed by atoms with E-state index in [1.165, 1.54) is 80.1 Å². The summed E-state index contributed by atoms with van der Waals surface area (Å²) in [5.41, 5.74) is 4.54. The number of hydrogen-bond acceptors (Lipinski definition) is 25. The number of aryl methyl sites for hydroxylation is 1. The topological polar surface area (TPSA) is 316 Å². The van der Waals surface area contributed by atoms with Crippen LogP contribution in [0.3, 0.4) is 0 Å². The number of aromatic nitrogens is 10. The third-order valence-corrected chi connectivity index (χ3v) is 25.6. The van der Waals surface area contributed by atoms with Gasteiger partial charge in [0.2, 0.25) is 0 Å². The van der Waals surface area contributed by atoms with Crippen molar-refractivity contribution in [2.45, 2.75) is 71.1 Å². The van der Waals surface area contributed by atoms with Gasteiger partial charge in [-0.2, -0.15) is 0 Å². The van der Waals surface area contributed by atoms with Crippen LogP contribution in [0.5, 0.6) is 0 Å². The molecule has 5 fully saturated rings. The normalized spacial score (nSPS) is 19.5. The predicted molar refractivity (Wildman–Crippen MR) is 431 cm³/mol. The third kappa shape index (κ3) is 24.1. The summed E-state index contributed by atoms with van der Waals surface area (Å²) < 4.78 is 169. The molecule has 5 aliphatic rings. The molecule has 5 aromatic carbocycles. The van der Waals surface area contributed by atoms with Crippen molar-refractivity contribution in [3.8, 4) is 0 Å². The number of benzene rings is 5. The van der Waals surface area contributed by atoms with Gasteiger partial charge in [0.05, 0.1) is 56.3 Å².